The first kappa shape index (κ1) is 18.9. The molecular formula is C20H27O5+. The predicted octanol–water partition coefficient (Wildman–Crippen LogP) is 3.40. The molecule has 0 aliphatic carbocycles. The molecule has 1 unspecified atom stereocenters. The van der Waals surface area contributed by atoms with Crippen molar-refractivity contribution in [3.8, 4) is 23.0 Å². The number of hydrogen-bond acceptors (Lipinski definition) is 4. The lowest BCUT2D eigenvalue weighted by Crippen LogP contribution is -2.19. The van der Waals surface area contributed by atoms with Gasteiger partial charge in [0, 0.05) is 11.5 Å². The van der Waals surface area contributed by atoms with E-state index in [4.69, 9.17) is 14.6 Å². The van der Waals surface area contributed by atoms with E-state index in [2.05, 4.69) is 13.8 Å². The molecule has 0 fully saturated rings. The second-order valence-corrected chi connectivity index (χ2v) is 6.46. The number of methoxy groups -OCH3 is 2. The lowest BCUT2D eigenvalue weighted by atomic mass is 9.83. The van der Waals surface area contributed by atoms with E-state index in [1.54, 1.807) is 24.3 Å². The van der Waals surface area contributed by atoms with Crippen LogP contribution >= 0.6 is 0 Å². The Kier molecular flexibility index (Phi) is 6.15. The Hall–Kier alpha value is -2.40. The average molecular weight is 347 g/mol. The summed E-state index contributed by atoms with van der Waals surface area (Å²) in [5.74, 6) is 1.39. The fourth-order valence-corrected chi connectivity index (χ4v) is 2.93. The molecule has 2 rings (SSSR count). The van der Waals surface area contributed by atoms with Gasteiger partial charge in [0.25, 0.3) is 0 Å². The van der Waals surface area contributed by atoms with Crippen LogP contribution in [0.3, 0.4) is 0 Å². The molecule has 5 heteroatoms. The predicted molar refractivity (Wildman–Crippen MR) is 97.7 cm³/mol. The van der Waals surface area contributed by atoms with E-state index in [1.165, 1.54) is 14.2 Å². The summed E-state index contributed by atoms with van der Waals surface area (Å²) in [6.07, 6.45) is 0.353. The van der Waals surface area contributed by atoms with Gasteiger partial charge in [0.2, 0.25) is 0 Å². The van der Waals surface area contributed by atoms with E-state index in [9.17, 15) is 10.2 Å². The number of aromatic hydroxyl groups is 2. The minimum Gasteiger partial charge on any atom is -0.504 e. The van der Waals surface area contributed by atoms with Crippen molar-refractivity contribution in [1.82, 2.24) is 0 Å². The van der Waals surface area contributed by atoms with Crippen LogP contribution in [0.1, 0.15) is 31.1 Å². The molecule has 0 bridgehead atoms. The minimum absolute atomic E-state index is 0.0790. The molecule has 0 heterocycles. The van der Waals surface area contributed by atoms with Crippen LogP contribution in [0.5, 0.6) is 23.0 Å². The van der Waals surface area contributed by atoms with Crippen molar-refractivity contribution < 1.29 is 24.8 Å². The maximum Gasteiger partial charge on any atom is 0.182 e. The molecule has 4 N–H and O–H groups in total. The Bertz CT molecular complexity index is 713. The monoisotopic (exact) mass is 347 g/mol. The molecule has 0 amide bonds. The molecule has 2 aromatic carbocycles. The Balaban J connectivity index is 2.12. The Morgan fingerprint density at radius 3 is 2.08 bits per heavy atom. The topological polar surface area (TPSA) is 81.8 Å². The highest BCUT2D eigenvalue weighted by Crippen LogP contribution is 2.35. The van der Waals surface area contributed by atoms with Gasteiger partial charge in [-0.15, -0.1) is 0 Å². The van der Waals surface area contributed by atoms with Gasteiger partial charge in [-0.1, -0.05) is 19.9 Å². The highest BCUT2D eigenvalue weighted by molar-refractivity contribution is 5.43. The van der Waals surface area contributed by atoms with Crippen molar-refractivity contribution in [2.24, 2.45) is 11.8 Å². The molecular weight excluding hydrogens is 320 g/mol. The maximum atomic E-state index is 9.71. The second kappa shape index (κ2) is 8.12. The van der Waals surface area contributed by atoms with Crippen LogP contribution < -0.4 is 9.47 Å². The van der Waals surface area contributed by atoms with Crippen molar-refractivity contribution >= 4 is 0 Å². The van der Waals surface area contributed by atoms with Gasteiger partial charge in [-0.3, -0.25) is 0 Å². The van der Waals surface area contributed by atoms with E-state index in [1.807, 2.05) is 12.1 Å². The molecule has 0 saturated heterocycles. The Morgan fingerprint density at radius 1 is 0.920 bits per heavy atom. The molecule has 0 spiro atoms. The lowest BCUT2D eigenvalue weighted by Gasteiger charge is -2.23. The van der Waals surface area contributed by atoms with Crippen LogP contribution in [0, 0.1) is 11.8 Å². The standard InChI is InChI=1S/C20H26O5/c1-12(9-14-5-7-16(21)18(10-14)24-3)13(2)20(23)15-6-8-17(22)19(11-15)25-4/h5-8,10-13,20-23H,9H2,1-4H3/p+1/t12-,13-,20?/m1/s1. The van der Waals surface area contributed by atoms with Crippen LogP contribution in [0.25, 0.3) is 0 Å². The largest absolute Gasteiger partial charge is 0.504 e. The van der Waals surface area contributed by atoms with E-state index in [0.29, 0.717) is 11.5 Å². The summed E-state index contributed by atoms with van der Waals surface area (Å²) < 4.78 is 10.3. The van der Waals surface area contributed by atoms with Gasteiger partial charge in [-0.2, -0.15) is 0 Å². The fraction of sp³-hybridized carbons (Fsp3) is 0.400. The minimum atomic E-state index is -0.427. The van der Waals surface area contributed by atoms with Crippen LogP contribution in [0.15, 0.2) is 36.4 Å². The van der Waals surface area contributed by atoms with Crippen molar-refractivity contribution in [3.63, 3.8) is 0 Å². The molecule has 0 aliphatic heterocycles. The zero-order chi connectivity index (χ0) is 18.6. The lowest BCUT2D eigenvalue weighted by molar-refractivity contribution is 0.0869. The first-order valence-corrected chi connectivity index (χ1v) is 8.31. The van der Waals surface area contributed by atoms with Gasteiger partial charge < -0.3 is 24.8 Å². The van der Waals surface area contributed by atoms with Gasteiger partial charge in [0.15, 0.2) is 29.1 Å². The Labute approximate surface area is 148 Å². The van der Waals surface area contributed by atoms with Gasteiger partial charge in [0.05, 0.1) is 14.2 Å². The zero-order valence-electron chi connectivity index (χ0n) is 15.1. The first-order chi connectivity index (χ1) is 11.9. The zero-order valence-corrected chi connectivity index (χ0v) is 15.1. The van der Waals surface area contributed by atoms with E-state index in [0.717, 1.165) is 17.5 Å². The molecule has 5 nitrogen and oxygen atoms in total. The second-order valence-electron chi connectivity index (χ2n) is 6.46. The first-order valence-electron chi connectivity index (χ1n) is 8.31. The van der Waals surface area contributed by atoms with Crippen molar-refractivity contribution in [3.05, 3.63) is 47.5 Å². The summed E-state index contributed by atoms with van der Waals surface area (Å²) in [6, 6.07) is 10.4. The molecule has 3 atom stereocenters. The molecule has 25 heavy (non-hydrogen) atoms. The fourth-order valence-electron chi connectivity index (χ4n) is 2.93. The molecule has 0 saturated carbocycles. The third-order valence-corrected chi connectivity index (χ3v) is 4.79. The summed E-state index contributed by atoms with van der Waals surface area (Å²) >= 11 is 0. The molecule has 0 aromatic heterocycles. The summed E-state index contributed by atoms with van der Waals surface area (Å²) in [5, 5.41) is 28.0. The molecule has 0 radical (unpaired) electrons. The van der Waals surface area contributed by atoms with Gasteiger partial charge in [-0.05, 0) is 48.2 Å². The SMILES string of the molecule is COc1cc(C[C@@H](C)[C@@H](C)C([OH2+])c2ccc(O)c(OC)c2)ccc1O. The van der Waals surface area contributed by atoms with E-state index in [-0.39, 0.29) is 23.3 Å². The molecule has 2 aromatic rings. The third-order valence-electron chi connectivity index (χ3n) is 4.79. The maximum absolute atomic E-state index is 9.71. The highest BCUT2D eigenvalue weighted by atomic mass is 16.5. The van der Waals surface area contributed by atoms with Gasteiger partial charge in [-0.25, -0.2) is 0 Å². The summed E-state index contributed by atoms with van der Waals surface area (Å²) in [6.45, 7) is 4.17. The highest BCUT2D eigenvalue weighted by Gasteiger charge is 2.27. The smallest absolute Gasteiger partial charge is 0.182 e. The van der Waals surface area contributed by atoms with E-state index >= 15 is 0 Å². The number of rotatable bonds is 7. The normalized spacial score (nSPS) is 14.6. The number of phenolic OH excluding ortho intramolecular Hbond substituents is 2. The van der Waals surface area contributed by atoms with Crippen molar-refractivity contribution in [1.29, 1.82) is 0 Å². The van der Waals surface area contributed by atoms with Crippen LogP contribution in [-0.2, 0) is 6.42 Å². The summed E-state index contributed by atoms with van der Waals surface area (Å²) in [7, 11) is 3.03. The van der Waals surface area contributed by atoms with Crippen molar-refractivity contribution in [2.45, 2.75) is 26.4 Å². The molecule has 0 aliphatic rings. The summed E-state index contributed by atoms with van der Waals surface area (Å²) in [4.78, 5) is 0. The molecule has 136 valence electrons. The number of phenols is 2. The van der Waals surface area contributed by atoms with Crippen LogP contribution in [-0.4, -0.2) is 29.5 Å². The third kappa shape index (κ3) is 4.37. The number of ether oxygens (including phenoxy) is 2. The van der Waals surface area contributed by atoms with Crippen molar-refractivity contribution in [2.75, 3.05) is 14.2 Å². The quantitative estimate of drug-likeness (QED) is 0.752. The van der Waals surface area contributed by atoms with Gasteiger partial charge >= 0.3 is 0 Å². The Morgan fingerprint density at radius 2 is 1.48 bits per heavy atom. The average Bonchev–Trinajstić information content (AvgIpc) is 2.62. The van der Waals surface area contributed by atoms with Crippen LogP contribution in [0.2, 0.25) is 0 Å². The van der Waals surface area contributed by atoms with Gasteiger partial charge in [0.1, 0.15) is 0 Å². The number of benzene rings is 2. The number of hydrogen-bond donors (Lipinski definition) is 2. The van der Waals surface area contributed by atoms with E-state index < -0.39 is 6.10 Å². The van der Waals surface area contributed by atoms with Crippen LogP contribution in [0.4, 0.5) is 0 Å². The summed E-state index contributed by atoms with van der Waals surface area (Å²) in [5.41, 5.74) is 1.88.